The number of ether oxygens (including phenoxy) is 2. The number of nitrogens with zero attached hydrogens (tertiary/aromatic N) is 3. The summed E-state index contributed by atoms with van der Waals surface area (Å²) in [7, 11) is 0. The van der Waals surface area contributed by atoms with Gasteiger partial charge in [0, 0.05) is 5.56 Å². The number of benzene rings is 2. The van der Waals surface area contributed by atoms with Crippen LogP contribution in [0.1, 0.15) is 22.0 Å². The van der Waals surface area contributed by atoms with Crippen molar-refractivity contribution in [1.82, 2.24) is 14.8 Å². The molecule has 0 aliphatic heterocycles. The van der Waals surface area contributed by atoms with Crippen molar-refractivity contribution in [2.45, 2.75) is 20.1 Å². The number of aryl methyl sites for hydroxylation is 1. The summed E-state index contributed by atoms with van der Waals surface area (Å²) >= 11 is 0. The molecule has 140 valence electrons. The molecule has 0 radical (unpaired) electrons. The maximum atomic E-state index is 13.0. The number of halogens is 3. The van der Waals surface area contributed by atoms with Gasteiger partial charge in [0.05, 0.1) is 5.69 Å². The van der Waals surface area contributed by atoms with Crippen LogP contribution in [0.3, 0.4) is 0 Å². The van der Waals surface area contributed by atoms with E-state index >= 15 is 0 Å². The summed E-state index contributed by atoms with van der Waals surface area (Å²) in [5, 5.41) is 4.05. The maximum Gasteiger partial charge on any atom is 0.387 e. The van der Waals surface area contributed by atoms with Gasteiger partial charge in [-0.25, -0.2) is 18.9 Å². The molecule has 27 heavy (non-hydrogen) atoms. The van der Waals surface area contributed by atoms with Gasteiger partial charge in [-0.1, -0.05) is 18.2 Å². The van der Waals surface area contributed by atoms with Crippen molar-refractivity contribution in [2.24, 2.45) is 0 Å². The van der Waals surface area contributed by atoms with E-state index in [1.165, 1.54) is 47.1 Å². The first-order chi connectivity index (χ1) is 12.9. The third kappa shape index (κ3) is 4.43. The van der Waals surface area contributed by atoms with Gasteiger partial charge in [0.2, 0.25) is 0 Å². The van der Waals surface area contributed by atoms with E-state index in [0.717, 1.165) is 0 Å². The summed E-state index contributed by atoms with van der Waals surface area (Å²) in [5.74, 6) is -1.12. The van der Waals surface area contributed by atoms with Gasteiger partial charge in [0.25, 0.3) is 5.82 Å². The Labute approximate surface area is 152 Å². The fourth-order valence-electron chi connectivity index (χ4n) is 2.35. The standard InChI is InChI=1S/C18H14F3N3O3/c1-11-22-16(23-24(11)14-8-6-13(19)7-9-14)17(25)26-10-12-4-2-3-5-15(12)27-18(20)21/h2-9,18H,10H2,1H3. The van der Waals surface area contributed by atoms with Crippen LogP contribution in [0.15, 0.2) is 48.5 Å². The van der Waals surface area contributed by atoms with E-state index < -0.39 is 18.4 Å². The molecule has 1 aromatic heterocycles. The topological polar surface area (TPSA) is 66.2 Å². The molecule has 0 N–H and O–H groups in total. The summed E-state index contributed by atoms with van der Waals surface area (Å²) in [6, 6.07) is 11.5. The van der Waals surface area contributed by atoms with Crippen molar-refractivity contribution >= 4 is 5.97 Å². The van der Waals surface area contributed by atoms with Crippen LogP contribution < -0.4 is 4.74 Å². The lowest BCUT2D eigenvalue weighted by molar-refractivity contribution is -0.0510. The van der Waals surface area contributed by atoms with Gasteiger partial charge in [0.1, 0.15) is 24.0 Å². The van der Waals surface area contributed by atoms with Crippen LogP contribution in [-0.2, 0) is 11.3 Å². The number of alkyl halides is 2. The van der Waals surface area contributed by atoms with E-state index in [2.05, 4.69) is 14.8 Å². The average Bonchev–Trinajstić information content (AvgIpc) is 3.03. The van der Waals surface area contributed by atoms with Gasteiger partial charge >= 0.3 is 12.6 Å². The van der Waals surface area contributed by atoms with Crippen LogP contribution in [0.5, 0.6) is 5.75 Å². The molecule has 2 aromatic carbocycles. The Morgan fingerprint density at radius 3 is 2.56 bits per heavy atom. The van der Waals surface area contributed by atoms with Crippen LogP contribution in [-0.4, -0.2) is 27.3 Å². The van der Waals surface area contributed by atoms with E-state index in [4.69, 9.17) is 4.74 Å². The first kappa shape index (κ1) is 18.4. The molecule has 0 unspecified atom stereocenters. The van der Waals surface area contributed by atoms with E-state index in [1.54, 1.807) is 13.0 Å². The molecule has 0 atom stereocenters. The van der Waals surface area contributed by atoms with Crippen molar-refractivity contribution in [1.29, 1.82) is 0 Å². The molecule has 0 bridgehead atoms. The van der Waals surface area contributed by atoms with Crippen LogP contribution >= 0.6 is 0 Å². The average molecular weight is 377 g/mol. The minimum absolute atomic E-state index is 0.0821. The molecule has 0 fully saturated rings. The number of rotatable bonds is 6. The summed E-state index contributed by atoms with van der Waals surface area (Å²) in [5.41, 5.74) is 0.803. The molecule has 0 saturated carbocycles. The minimum atomic E-state index is -2.99. The molecule has 3 rings (SSSR count). The Morgan fingerprint density at radius 2 is 1.85 bits per heavy atom. The summed E-state index contributed by atoms with van der Waals surface area (Å²) in [6.45, 7) is -1.65. The molecular formula is C18H14F3N3O3. The molecule has 0 saturated heterocycles. The van der Waals surface area contributed by atoms with Gasteiger partial charge in [0.15, 0.2) is 0 Å². The van der Waals surface area contributed by atoms with E-state index in [-0.39, 0.29) is 23.7 Å². The quantitative estimate of drug-likeness (QED) is 0.613. The zero-order valence-electron chi connectivity index (χ0n) is 14.1. The molecule has 3 aromatic rings. The van der Waals surface area contributed by atoms with Crippen molar-refractivity contribution in [2.75, 3.05) is 0 Å². The van der Waals surface area contributed by atoms with Crippen molar-refractivity contribution in [3.63, 3.8) is 0 Å². The highest BCUT2D eigenvalue weighted by atomic mass is 19.3. The first-order valence-corrected chi connectivity index (χ1v) is 7.83. The highest BCUT2D eigenvalue weighted by Crippen LogP contribution is 2.21. The number of hydrogen-bond acceptors (Lipinski definition) is 5. The molecule has 0 spiro atoms. The minimum Gasteiger partial charge on any atom is -0.455 e. The number of aromatic nitrogens is 3. The number of carbonyl (C=O) groups is 1. The van der Waals surface area contributed by atoms with Crippen molar-refractivity contribution in [3.05, 3.63) is 71.6 Å². The molecule has 0 amide bonds. The molecule has 0 aliphatic rings. The number of carbonyl (C=O) groups excluding carboxylic acids is 1. The Bertz CT molecular complexity index is 943. The Morgan fingerprint density at radius 1 is 1.15 bits per heavy atom. The molecular weight excluding hydrogens is 363 g/mol. The second-order valence-electron chi connectivity index (χ2n) is 5.43. The largest absolute Gasteiger partial charge is 0.455 e. The highest BCUT2D eigenvalue weighted by molar-refractivity contribution is 5.85. The Hall–Kier alpha value is -3.36. The Balaban J connectivity index is 1.73. The van der Waals surface area contributed by atoms with Crippen molar-refractivity contribution in [3.8, 4) is 11.4 Å². The van der Waals surface area contributed by atoms with Gasteiger partial charge in [-0.2, -0.15) is 8.78 Å². The number of hydrogen-bond donors (Lipinski definition) is 0. The second-order valence-corrected chi connectivity index (χ2v) is 5.43. The van der Waals surface area contributed by atoms with Crippen molar-refractivity contribution < 1.29 is 27.4 Å². The monoisotopic (exact) mass is 377 g/mol. The summed E-state index contributed by atoms with van der Waals surface area (Å²) in [6.07, 6.45) is 0. The summed E-state index contributed by atoms with van der Waals surface area (Å²) in [4.78, 5) is 16.2. The first-order valence-electron chi connectivity index (χ1n) is 7.83. The van der Waals surface area contributed by atoms with Gasteiger partial charge in [-0.05, 0) is 37.3 Å². The maximum absolute atomic E-state index is 13.0. The van der Waals surface area contributed by atoms with Gasteiger partial charge in [-0.15, -0.1) is 5.10 Å². The third-order valence-corrected chi connectivity index (χ3v) is 3.57. The van der Waals surface area contributed by atoms with Gasteiger partial charge in [-0.3, -0.25) is 0 Å². The molecule has 0 aliphatic carbocycles. The lowest BCUT2D eigenvalue weighted by Gasteiger charge is -2.10. The van der Waals surface area contributed by atoms with E-state index in [1.807, 2.05) is 0 Å². The smallest absolute Gasteiger partial charge is 0.387 e. The second kappa shape index (κ2) is 7.90. The normalized spacial score (nSPS) is 10.9. The zero-order chi connectivity index (χ0) is 19.4. The number of esters is 1. The molecule has 1 heterocycles. The van der Waals surface area contributed by atoms with Crippen LogP contribution in [0.2, 0.25) is 0 Å². The lowest BCUT2D eigenvalue weighted by atomic mass is 10.2. The number of para-hydroxylation sites is 1. The predicted molar refractivity (Wildman–Crippen MR) is 88.2 cm³/mol. The van der Waals surface area contributed by atoms with Gasteiger partial charge < -0.3 is 9.47 Å². The molecule has 9 heteroatoms. The van der Waals surface area contributed by atoms with Crippen LogP contribution in [0.25, 0.3) is 5.69 Å². The van der Waals surface area contributed by atoms with Crippen LogP contribution in [0.4, 0.5) is 13.2 Å². The lowest BCUT2D eigenvalue weighted by Crippen LogP contribution is -2.10. The fourth-order valence-corrected chi connectivity index (χ4v) is 2.35. The van der Waals surface area contributed by atoms with Crippen LogP contribution in [0, 0.1) is 12.7 Å². The predicted octanol–water partition coefficient (Wildman–Crippen LogP) is 3.67. The van der Waals surface area contributed by atoms with E-state index in [9.17, 15) is 18.0 Å². The SMILES string of the molecule is Cc1nc(C(=O)OCc2ccccc2OC(F)F)nn1-c1ccc(F)cc1. The fraction of sp³-hybridized carbons (Fsp3) is 0.167. The third-order valence-electron chi connectivity index (χ3n) is 3.57. The summed E-state index contributed by atoms with van der Waals surface area (Å²) < 4.78 is 48.7. The Kier molecular flexibility index (Phi) is 5.39. The highest BCUT2D eigenvalue weighted by Gasteiger charge is 2.18. The van der Waals surface area contributed by atoms with E-state index in [0.29, 0.717) is 11.5 Å². The molecule has 6 nitrogen and oxygen atoms in total. The zero-order valence-corrected chi connectivity index (χ0v) is 14.1.